The number of hydrogen-bond acceptors (Lipinski definition) is 7. The molecule has 112 valence electrons. The zero-order valence-electron chi connectivity index (χ0n) is 12.4. The lowest BCUT2D eigenvalue weighted by atomic mass is 10.1. The summed E-state index contributed by atoms with van der Waals surface area (Å²) >= 11 is 0. The Morgan fingerprint density at radius 3 is 2.19 bits per heavy atom. The molecule has 1 aromatic carbocycles. The standard InChI is InChI=1S/C14H20N6O/c1-9-6-10(2)8-11(7-9)17-14-19-12(15-3)18-13(20-14)16-4-5-21/h6-8,21H,4-5H2,1-3H3,(H3,15,16,17,18,19,20). The molecule has 0 fully saturated rings. The summed E-state index contributed by atoms with van der Waals surface area (Å²) in [6.07, 6.45) is 0. The van der Waals surface area contributed by atoms with Gasteiger partial charge in [-0.1, -0.05) is 6.07 Å². The molecule has 4 N–H and O–H groups in total. The molecule has 0 atom stereocenters. The highest BCUT2D eigenvalue weighted by atomic mass is 16.3. The van der Waals surface area contributed by atoms with Gasteiger partial charge in [0.1, 0.15) is 0 Å². The van der Waals surface area contributed by atoms with Crippen molar-refractivity contribution in [3.8, 4) is 0 Å². The summed E-state index contributed by atoms with van der Waals surface area (Å²) in [7, 11) is 1.74. The number of aliphatic hydroxyl groups is 1. The lowest BCUT2D eigenvalue weighted by molar-refractivity contribution is 0.311. The van der Waals surface area contributed by atoms with Gasteiger partial charge >= 0.3 is 0 Å². The number of nitrogens with zero attached hydrogens (tertiary/aromatic N) is 3. The van der Waals surface area contributed by atoms with Crippen LogP contribution < -0.4 is 16.0 Å². The Bertz CT molecular complexity index is 596. The van der Waals surface area contributed by atoms with E-state index in [1.54, 1.807) is 7.05 Å². The average molecular weight is 288 g/mol. The maximum Gasteiger partial charge on any atom is 0.233 e. The Kier molecular flexibility index (Phi) is 4.89. The van der Waals surface area contributed by atoms with E-state index in [-0.39, 0.29) is 6.61 Å². The van der Waals surface area contributed by atoms with E-state index in [2.05, 4.69) is 37.0 Å². The molecule has 0 saturated heterocycles. The lowest BCUT2D eigenvalue weighted by Crippen LogP contribution is -2.12. The Morgan fingerprint density at radius 1 is 0.952 bits per heavy atom. The van der Waals surface area contributed by atoms with Gasteiger partial charge in [0.25, 0.3) is 0 Å². The van der Waals surface area contributed by atoms with E-state index < -0.39 is 0 Å². The van der Waals surface area contributed by atoms with Crippen molar-refractivity contribution < 1.29 is 5.11 Å². The first-order valence-electron chi connectivity index (χ1n) is 6.74. The van der Waals surface area contributed by atoms with E-state index >= 15 is 0 Å². The summed E-state index contributed by atoms with van der Waals surface area (Å²) in [6, 6.07) is 6.15. The minimum atomic E-state index is 0.0143. The van der Waals surface area contributed by atoms with Gasteiger partial charge in [0.05, 0.1) is 6.61 Å². The molecule has 0 bridgehead atoms. The number of aryl methyl sites for hydroxylation is 2. The van der Waals surface area contributed by atoms with Crippen molar-refractivity contribution in [3.63, 3.8) is 0 Å². The van der Waals surface area contributed by atoms with E-state index in [0.717, 1.165) is 5.69 Å². The zero-order valence-corrected chi connectivity index (χ0v) is 12.4. The fraction of sp³-hybridized carbons (Fsp3) is 0.357. The molecule has 0 aliphatic heterocycles. The van der Waals surface area contributed by atoms with E-state index in [1.807, 2.05) is 26.0 Å². The van der Waals surface area contributed by atoms with Crippen LogP contribution in [0.3, 0.4) is 0 Å². The van der Waals surface area contributed by atoms with Crippen molar-refractivity contribution in [2.75, 3.05) is 36.1 Å². The van der Waals surface area contributed by atoms with Crippen molar-refractivity contribution in [2.24, 2.45) is 0 Å². The van der Waals surface area contributed by atoms with Gasteiger partial charge in [-0.15, -0.1) is 0 Å². The summed E-state index contributed by atoms with van der Waals surface area (Å²) in [5.41, 5.74) is 3.26. The summed E-state index contributed by atoms with van der Waals surface area (Å²) in [5.74, 6) is 1.31. The highest BCUT2D eigenvalue weighted by Crippen LogP contribution is 2.18. The number of hydrogen-bond donors (Lipinski definition) is 4. The normalized spacial score (nSPS) is 10.3. The Balaban J connectivity index is 2.25. The highest BCUT2D eigenvalue weighted by Gasteiger charge is 2.06. The van der Waals surface area contributed by atoms with E-state index in [0.29, 0.717) is 24.4 Å². The SMILES string of the molecule is CNc1nc(NCCO)nc(Nc2cc(C)cc(C)c2)n1. The molecular weight excluding hydrogens is 268 g/mol. The predicted octanol–water partition coefficient (Wildman–Crippen LogP) is 1.68. The van der Waals surface area contributed by atoms with Crippen LogP contribution in [0.4, 0.5) is 23.5 Å². The maximum atomic E-state index is 8.85. The van der Waals surface area contributed by atoms with Gasteiger partial charge in [-0.05, 0) is 37.1 Å². The Morgan fingerprint density at radius 2 is 1.57 bits per heavy atom. The summed E-state index contributed by atoms with van der Waals surface area (Å²) < 4.78 is 0. The second-order valence-corrected chi connectivity index (χ2v) is 4.71. The molecule has 2 rings (SSSR count). The second kappa shape index (κ2) is 6.85. The molecule has 7 heteroatoms. The van der Waals surface area contributed by atoms with Crippen LogP contribution in [0.5, 0.6) is 0 Å². The molecule has 21 heavy (non-hydrogen) atoms. The fourth-order valence-electron chi connectivity index (χ4n) is 1.97. The van der Waals surface area contributed by atoms with Crippen molar-refractivity contribution in [3.05, 3.63) is 29.3 Å². The smallest absolute Gasteiger partial charge is 0.233 e. The molecule has 0 amide bonds. The van der Waals surface area contributed by atoms with E-state index in [9.17, 15) is 0 Å². The first-order chi connectivity index (χ1) is 10.1. The van der Waals surface area contributed by atoms with Crippen molar-refractivity contribution in [2.45, 2.75) is 13.8 Å². The van der Waals surface area contributed by atoms with Crippen molar-refractivity contribution >= 4 is 23.5 Å². The van der Waals surface area contributed by atoms with Gasteiger partial charge in [-0.25, -0.2) is 0 Å². The molecule has 2 aromatic rings. The molecule has 0 aliphatic carbocycles. The molecular formula is C14H20N6O. The number of aliphatic hydroxyl groups excluding tert-OH is 1. The topological polar surface area (TPSA) is 95.0 Å². The van der Waals surface area contributed by atoms with Crippen LogP contribution >= 0.6 is 0 Å². The minimum Gasteiger partial charge on any atom is -0.395 e. The Labute approximate surface area is 123 Å². The number of aromatic nitrogens is 3. The van der Waals surface area contributed by atoms with Crippen molar-refractivity contribution in [1.82, 2.24) is 15.0 Å². The summed E-state index contributed by atoms with van der Waals surface area (Å²) in [4.78, 5) is 12.7. The van der Waals surface area contributed by atoms with Crippen LogP contribution in [-0.2, 0) is 0 Å². The molecule has 0 aliphatic rings. The van der Waals surface area contributed by atoms with Crippen LogP contribution in [0.25, 0.3) is 0 Å². The quantitative estimate of drug-likeness (QED) is 0.642. The minimum absolute atomic E-state index is 0.0143. The molecule has 7 nitrogen and oxygen atoms in total. The largest absolute Gasteiger partial charge is 0.395 e. The molecule has 1 heterocycles. The van der Waals surface area contributed by atoms with Crippen LogP contribution in [0.2, 0.25) is 0 Å². The third-order valence-corrected chi connectivity index (χ3v) is 2.73. The maximum absolute atomic E-state index is 8.85. The number of benzene rings is 1. The van der Waals surface area contributed by atoms with Crippen molar-refractivity contribution in [1.29, 1.82) is 0 Å². The van der Waals surface area contributed by atoms with Crippen LogP contribution in [0.15, 0.2) is 18.2 Å². The average Bonchev–Trinajstić information content (AvgIpc) is 2.43. The zero-order chi connectivity index (χ0) is 15.2. The lowest BCUT2D eigenvalue weighted by Gasteiger charge is -2.10. The second-order valence-electron chi connectivity index (χ2n) is 4.71. The third-order valence-electron chi connectivity index (χ3n) is 2.73. The van der Waals surface area contributed by atoms with Crippen LogP contribution in [-0.4, -0.2) is 40.3 Å². The highest BCUT2D eigenvalue weighted by molar-refractivity contribution is 5.57. The molecule has 1 aromatic heterocycles. The number of rotatable bonds is 6. The third kappa shape index (κ3) is 4.28. The van der Waals surface area contributed by atoms with Gasteiger partial charge in [0.15, 0.2) is 0 Å². The van der Waals surface area contributed by atoms with Gasteiger partial charge in [0, 0.05) is 19.3 Å². The summed E-state index contributed by atoms with van der Waals surface area (Å²) in [5, 5.41) is 17.8. The van der Waals surface area contributed by atoms with Crippen LogP contribution in [0.1, 0.15) is 11.1 Å². The first kappa shape index (κ1) is 15.0. The van der Waals surface area contributed by atoms with Gasteiger partial charge in [0.2, 0.25) is 17.8 Å². The molecule has 0 unspecified atom stereocenters. The monoisotopic (exact) mass is 288 g/mol. The van der Waals surface area contributed by atoms with Crippen LogP contribution in [0, 0.1) is 13.8 Å². The van der Waals surface area contributed by atoms with E-state index in [4.69, 9.17) is 5.11 Å². The summed E-state index contributed by atoms with van der Waals surface area (Å²) in [6.45, 7) is 4.48. The van der Waals surface area contributed by atoms with Gasteiger partial charge in [-0.3, -0.25) is 0 Å². The first-order valence-corrected chi connectivity index (χ1v) is 6.74. The number of nitrogens with one attached hydrogen (secondary N) is 3. The molecule has 0 saturated carbocycles. The van der Waals surface area contributed by atoms with Gasteiger partial charge in [-0.2, -0.15) is 15.0 Å². The van der Waals surface area contributed by atoms with E-state index in [1.165, 1.54) is 11.1 Å². The molecule has 0 spiro atoms. The molecule has 0 radical (unpaired) electrons. The Hall–Kier alpha value is -2.41. The number of anilines is 4. The van der Waals surface area contributed by atoms with Gasteiger partial charge < -0.3 is 21.1 Å². The fourth-order valence-corrected chi connectivity index (χ4v) is 1.97. The predicted molar refractivity (Wildman–Crippen MR) is 84.1 cm³/mol.